The molecule has 2 N–H and O–H groups in total. The molecule has 1 saturated carbocycles. The van der Waals surface area contributed by atoms with Gasteiger partial charge in [-0.05, 0) is 61.4 Å². The number of hydrogen-bond donors (Lipinski definition) is 1. The standard InChI is InChI=1S/C20H21FN4/c1-12-16-6-4-13(9-19(16)25-20(22)24-12)17-7-5-15(21)10-18(17)14-3-2-8-23-11-14/h2-3,5,7-8,10-11,13,16,19H,4,6,9H2,1H3,(H2,22,25). The smallest absolute Gasteiger partial charge is 0.215 e. The van der Waals surface area contributed by atoms with Crippen molar-refractivity contribution in [1.29, 1.82) is 0 Å². The van der Waals surface area contributed by atoms with Gasteiger partial charge in [0.05, 0.1) is 6.04 Å². The summed E-state index contributed by atoms with van der Waals surface area (Å²) < 4.78 is 13.9. The summed E-state index contributed by atoms with van der Waals surface area (Å²) in [6, 6.07) is 9.11. The van der Waals surface area contributed by atoms with Gasteiger partial charge in [0.25, 0.3) is 0 Å². The van der Waals surface area contributed by atoms with E-state index in [1.165, 1.54) is 5.56 Å². The van der Waals surface area contributed by atoms with E-state index in [2.05, 4.69) is 15.0 Å². The lowest BCUT2D eigenvalue weighted by Gasteiger charge is -2.36. The number of fused-ring (bicyclic) bond motifs is 1. The molecule has 1 aliphatic carbocycles. The Labute approximate surface area is 146 Å². The Kier molecular flexibility index (Phi) is 4.07. The van der Waals surface area contributed by atoms with Crippen molar-refractivity contribution in [2.45, 2.75) is 38.1 Å². The molecule has 128 valence electrons. The van der Waals surface area contributed by atoms with Crippen LogP contribution in [0.1, 0.15) is 37.7 Å². The molecule has 1 aromatic heterocycles. The highest BCUT2D eigenvalue weighted by Gasteiger charge is 2.35. The molecule has 3 unspecified atom stereocenters. The van der Waals surface area contributed by atoms with Gasteiger partial charge in [-0.2, -0.15) is 0 Å². The summed E-state index contributed by atoms with van der Waals surface area (Å²) in [6.45, 7) is 2.04. The number of rotatable bonds is 2. The normalized spacial score (nSPS) is 25.8. The first-order chi connectivity index (χ1) is 12.1. The highest BCUT2D eigenvalue weighted by atomic mass is 19.1. The molecule has 2 aromatic rings. The summed E-state index contributed by atoms with van der Waals surface area (Å²) in [5, 5.41) is 0. The second-order valence-electron chi connectivity index (χ2n) is 6.90. The third kappa shape index (κ3) is 3.06. The molecule has 0 radical (unpaired) electrons. The number of aromatic nitrogens is 1. The summed E-state index contributed by atoms with van der Waals surface area (Å²) in [5.74, 6) is 0.871. The second-order valence-corrected chi connectivity index (χ2v) is 6.90. The lowest BCUT2D eigenvalue weighted by molar-refractivity contribution is 0.340. The van der Waals surface area contributed by atoms with Crippen molar-refractivity contribution in [3.05, 3.63) is 54.1 Å². The molecule has 25 heavy (non-hydrogen) atoms. The van der Waals surface area contributed by atoms with Gasteiger partial charge in [-0.25, -0.2) is 14.4 Å². The van der Waals surface area contributed by atoms with Crippen LogP contribution in [0.25, 0.3) is 11.1 Å². The summed E-state index contributed by atoms with van der Waals surface area (Å²) in [6.07, 6.45) is 6.51. The fourth-order valence-corrected chi connectivity index (χ4v) is 4.18. The largest absolute Gasteiger partial charge is 0.368 e. The average molecular weight is 336 g/mol. The average Bonchev–Trinajstić information content (AvgIpc) is 2.61. The Balaban J connectivity index is 1.68. The van der Waals surface area contributed by atoms with E-state index in [1.54, 1.807) is 24.5 Å². The van der Waals surface area contributed by atoms with Crippen LogP contribution in [0, 0.1) is 11.7 Å². The number of pyridine rings is 1. The van der Waals surface area contributed by atoms with E-state index in [9.17, 15) is 4.39 Å². The lowest BCUT2D eigenvalue weighted by atomic mass is 9.72. The first-order valence-corrected chi connectivity index (χ1v) is 8.70. The van der Waals surface area contributed by atoms with Crippen LogP contribution in [0.3, 0.4) is 0 Å². The van der Waals surface area contributed by atoms with Crippen LogP contribution in [0.15, 0.2) is 52.7 Å². The predicted molar refractivity (Wildman–Crippen MR) is 98.2 cm³/mol. The minimum atomic E-state index is -0.223. The van der Waals surface area contributed by atoms with Gasteiger partial charge < -0.3 is 5.73 Å². The van der Waals surface area contributed by atoms with Crippen molar-refractivity contribution in [1.82, 2.24) is 4.98 Å². The molecular weight excluding hydrogens is 315 g/mol. The Bertz CT molecular complexity index is 844. The van der Waals surface area contributed by atoms with Crippen molar-refractivity contribution in [3.8, 4) is 11.1 Å². The summed E-state index contributed by atoms with van der Waals surface area (Å²) in [4.78, 5) is 13.1. The Morgan fingerprint density at radius 1 is 1.20 bits per heavy atom. The summed E-state index contributed by atoms with van der Waals surface area (Å²) in [5.41, 5.74) is 9.99. The van der Waals surface area contributed by atoms with Crippen LogP contribution in [-0.4, -0.2) is 22.7 Å². The SMILES string of the molecule is CC1=NC(N)=NC2CC(c3ccc(F)cc3-c3cccnc3)CCC12. The number of benzene rings is 1. The van der Waals surface area contributed by atoms with E-state index in [0.29, 0.717) is 17.8 Å². The van der Waals surface area contributed by atoms with Crippen molar-refractivity contribution in [3.63, 3.8) is 0 Å². The summed E-state index contributed by atoms with van der Waals surface area (Å²) in [7, 11) is 0. The maximum atomic E-state index is 13.9. The van der Waals surface area contributed by atoms with Crippen LogP contribution in [0.4, 0.5) is 4.39 Å². The highest BCUT2D eigenvalue weighted by molar-refractivity contribution is 5.98. The molecule has 2 heterocycles. The van der Waals surface area contributed by atoms with Gasteiger partial charge in [0, 0.05) is 29.6 Å². The number of guanidine groups is 1. The van der Waals surface area contributed by atoms with Gasteiger partial charge in [0.1, 0.15) is 5.82 Å². The first kappa shape index (κ1) is 15.9. The molecule has 5 heteroatoms. The molecule has 0 amide bonds. The van der Waals surface area contributed by atoms with E-state index < -0.39 is 0 Å². The number of nitrogens with zero attached hydrogens (tertiary/aromatic N) is 3. The minimum Gasteiger partial charge on any atom is -0.368 e. The van der Waals surface area contributed by atoms with Gasteiger partial charge in [0.15, 0.2) is 0 Å². The molecule has 1 aromatic carbocycles. The molecule has 1 aliphatic heterocycles. The van der Waals surface area contributed by atoms with E-state index in [-0.39, 0.29) is 11.9 Å². The maximum absolute atomic E-state index is 13.9. The molecule has 0 saturated heterocycles. The Hall–Kier alpha value is -2.56. The predicted octanol–water partition coefficient (Wildman–Crippen LogP) is 3.93. The Morgan fingerprint density at radius 3 is 2.88 bits per heavy atom. The quantitative estimate of drug-likeness (QED) is 0.903. The van der Waals surface area contributed by atoms with Gasteiger partial charge in [-0.15, -0.1) is 0 Å². The van der Waals surface area contributed by atoms with E-state index >= 15 is 0 Å². The van der Waals surface area contributed by atoms with Gasteiger partial charge >= 0.3 is 0 Å². The van der Waals surface area contributed by atoms with Crippen molar-refractivity contribution in [2.24, 2.45) is 21.6 Å². The molecule has 1 fully saturated rings. The topological polar surface area (TPSA) is 63.6 Å². The van der Waals surface area contributed by atoms with E-state index in [4.69, 9.17) is 5.73 Å². The van der Waals surface area contributed by atoms with Gasteiger partial charge in [-0.3, -0.25) is 4.98 Å². The highest BCUT2D eigenvalue weighted by Crippen LogP contribution is 2.42. The minimum absolute atomic E-state index is 0.169. The number of aliphatic imine (C=N–C) groups is 2. The molecule has 0 spiro atoms. The number of nitrogens with two attached hydrogens (primary N) is 1. The van der Waals surface area contributed by atoms with Crippen LogP contribution < -0.4 is 5.73 Å². The van der Waals surface area contributed by atoms with Crippen LogP contribution in [0.5, 0.6) is 0 Å². The van der Waals surface area contributed by atoms with Crippen molar-refractivity contribution in [2.75, 3.05) is 0 Å². The number of halogens is 1. The van der Waals surface area contributed by atoms with Gasteiger partial charge in [0.2, 0.25) is 5.96 Å². The molecule has 4 rings (SSSR count). The monoisotopic (exact) mass is 336 g/mol. The van der Waals surface area contributed by atoms with E-state index in [1.807, 2.05) is 25.1 Å². The molecule has 2 aliphatic rings. The van der Waals surface area contributed by atoms with Crippen molar-refractivity contribution < 1.29 is 4.39 Å². The first-order valence-electron chi connectivity index (χ1n) is 8.70. The number of hydrogen-bond acceptors (Lipinski definition) is 4. The fourth-order valence-electron chi connectivity index (χ4n) is 4.18. The zero-order chi connectivity index (χ0) is 17.4. The van der Waals surface area contributed by atoms with Gasteiger partial charge in [-0.1, -0.05) is 12.1 Å². The molecule has 3 atom stereocenters. The third-order valence-electron chi connectivity index (χ3n) is 5.37. The van der Waals surface area contributed by atoms with Crippen LogP contribution >= 0.6 is 0 Å². The Morgan fingerprint density at radius 2 is 2.08 bits per heavy atom. The van der Waals surface area contributed by atoms with Crippen LogP contribution in [0.2, 0.25) is 0 Å². The van der Waals surface area contributed by atoms with Crippen LogP contribution in [-0.2, 0) is 0 Å². The molecular formula is C20H21FN4. The second kappa shape index (κ2) is 6.39. The molecule has 4 nitrogen and oxygen atoms in total. The fraction of sp³-hybridized carbons (Fsp3) is 0.350. The summed E-state index contributed by atoms with van der Waals surface area (Å²) >= 11 is 0. The van der Waals surface area contributed by atoms with Crippen molar-refractivity contribution >= 4 is 11.7 Å². The zero-order valence-electron chi connectivity index (χ0n) is 14.2. The lowest BCUT2D eigenvalue weighted by Crippen LogP contribution is -2.37. The maximum Gasteiger partial charge on any atom is 0.215 e. The molecule has 0 bridgehead atoms. The zero-order valence-corrected chi connectivity index (χ0v) is 14.2. The third-order valence-corrected chi connectivity index (χ3v) is 5.37. The van der Waals surface area contributed by atoms with E-state index in [0.717, 1.165) is 36.1 Å².